The Kier molecular flexibility index (Phi) is 3.66. The number of benzene rings is 2. The molecule has 0 amide bonds. The van der Waals surface area contributed by atoms with Crippen LogP contribution in [0.15, 0.2) is 36.4 Å². The molecule has 0 fully saturated rings. The molecule has 2 aromatic rings. The van der Waals surface area contributed by atoms with Crippen molar-refractivity contribution in [3.8, 4) is 11.5 Å². The van der Waals surface area contributed by atoms with E-state index in [1.54, 1.807) is 31.4 Å². The van der Waals surface area contributed by atoms with E-state index < -0.39 is 11.9 Å². The van der Waals surface area contributed by atoms with E-state index in [1.807, 2.05) is 12.1 Å². The van der Waals surface area contributed by atoms with Crippen molar-refractivity contribution in [1.82, 2.24) is 0 Å². The van der Waals surface area contributed by atoms with Crippen molar-refractivity contribution < 1.29 is 23.8 Å². The lowest BCUT2D eigenvalue weighted by atomic mass is 10.1. The Morgan fingerprint density at radius 3 is 2.00 bits per heavy atom. The summed E-state index contributed by atoms with van der Waals surface area (Å²) in [4.78, 5) is 22.2. The van der Waals surface area contributed by atoms with Gasteiger partial charge in [-0.05, 0) is 35.0 Å². The first-order valence-electron chi connectivity index (χ1n) is 5.52. The lowest BCUT2D eigenvalue weighted by Gasteiger charge is -2.06. The van der Waals surface area contributed by atoms with Gasteiger partial charge < -0.3 is 14.2 Å². The molecule has 0 unspecified atom stereocenters. The number of fused-ring (bicyclic) bond motifs is 1. The molecule has 0 saturated heterocycles. The molecule has 0 aliphatic carbocycles. The van der Waals surface area contributed by atoms with Gasteiger partial charge in [-0.2, -0.15) is 0 Å². The lowest BCUT2D eigenvalue weighted by Crippen LogP contribution is -2.21. The van der Waals surface area contributed by atoms with Crippen LogP contribution < -0.4 is 9.47 Å². The van der Waals surface area contributed by atoms with E-state index in [1.165, 1.54) is 0 Å². The predicted molar refractivity (Wildman–Crippen MR) is 68.2 cm³/mol. The smallest absolute Gasteiger partial charge is 0.422 e. The van der Waals surface area contributed by atoms with Gasteiger partial charge in [-0.25, -0.2) is 9.59 Å². The molecule has 2 aromatic carbocycles. The van der Waals surface area contributed by atoms with Crippen LogP contribution in [-0.2, 0) is 14.3 Å². The Labute approximate surface area is 109 Å². The third-order valence-electron chi connectivity index (χ3n) is 2.58. The van der Waals surface area contributed by atoms with Crippen molar-refractivity contribution >= 4 is 22.7 Å². The van der Waals surface area contributed by atoms with Gasteiger partial charge in [0, 0.05) is 0 Å². The van der Waals surface area contributed by atoms with Crippen LogP contribution in [0.25, 0.3) is 10.8 Å². The van der Waals surface area contributed by atoms with E-state index in [9.17, 15) is 9.59 Å². The second kappa shape index (κ2) is 5.39. The molecule has 19 heavy (non-hydrogen) atoms. The van der Waals surface area contributed by atoms with Crippen molar-refractivity contribution in [2.45, 2.75) is 0 Å². The minimum Gasteiger partial charge on any atom is -0.497 e. The van der Waals surface area contributed by atoms with Crippen LogP contribution in [0.5, 0.6) is 11.5 Å². The molecule has 0 atom stereocenters. The van der Waals surface area contributed by atoms with Crippen LogP contribution >= 0.6 is 0 Å². The molecule has 0 saturated carbocycles. The SMILES string of the molecule is COC(=O)C(=O)Oc1ccc2cc(OC)ccc2c1. The van der Waals surface area contributed by atoms with Gasteiger partial charge in [0.15, 0.2) is 0 Å². The van der Waals surface area contributed by atoms with Gasteiger partial charge in [0.25, 0.3) is 0 Å². The van der Waals surface area contributed by atoms with Gasteiger partial charge in [-0.1, -0.05) is 12.1 Å². The van der Waals surface area contributed by atoms with E-state index >= 15 is 0 Å². The highest BCUT2D eigenvalue weighted by atomic mass is 16.6. The van der Waals surface area contributed by atoms with Gasteiger partial charge in [0.2, 0.25) is 0 Å². The number of esters is 2. The first-order valence-corrected chi connectivity index (χ1v) is 5.52. The van der Waals surface area contributed by atoms with E-state index in [4.69, 9.17) is 9.47 Å². The quantitative estimate of drug-likeness (QED) is 0.469. The Balaban J connectivity index is 2.27. The summed E-state index contributed by atoms with van der Waals surface area (Å²) in [5.41, 5.74) is 0. The Hall–Kier alpha value is -2.56. The fourth-order valence-electron chi connectivity index (χ4n) is 1.62. The van der Waals surface area contributed by atoms with Gasteiger partial charge in [0.05, 0.1) is 14.2 Å². The van der Waals surface area contributed by atoms with Crippen molar-refractivity contribution in [1.29, 1.82) is 0 Å². The molecule has 0 aromatic heterocycles. The lowest BCUT2D eigenvalue weighted by molar-refractivity contribution is -0.160. The Morgan fingerprint density at radius 1 is 0.842 bits per heavy atom. The monoisotopic (exact) mass is 260 g/mol. The molecular formula is C14H12O5. The highest BCUT2D eigenvalue weighted by Crippen LogP contribution is 2.24. The zero-order valence-corrected chi connectivity index (χ0v) is 10.5. The van der Waals surface area contributed by atoms with Gasteiger partial charge in [-0.15, -0.1) is 0 Å². The highest BCUT2D eigenvalue weighted by Gasteiger charge is 2.16. The normalized spacial score (nSPS) is 10.0. The molecule has 0 radical (unpaired) electrons. The number of hydrogen-bond donors (Lipinski definition) is 0. The first-order chi connectivity index (χ1) is 9.13. The second-order valence-corrected chi connectivity index (χ2v) is 3.76. The number of methoxy groups -OCH3 is 2. The second-order valence-electron chi connectivity index (χ2n) is 3.76. The summed E-state index contributed by atoms with van der Waals surface area (Å²) < 4.78 is 14.3. The number of carbonyl (C=O) groups excluding carboxylic acids is 2. The van der Waals surface area contributed by atoms with E-state index in [2.05, 4.69) is 4.74 Å². The first kappa shape index (κ1) is 12.9. The van der Waals surface area contributed by atoms with Gasteiger partial charge in [0.1, 0.15) is 11.5 Å². The third-order valence-corrected chi connectivity index (χ3v) is 2.58. The molecule has 0 bridgehead atoms. The molecule has 2 rings (SSSR count). The molecule has 98 valence electrons. The number of carbonyl (C=O) groups is 2. The summed E-state index contributed by atoms with van der Waals surface area (Å²) in [6.07, 6.45) is 0. The maximum absolute atomic E-state index is 11.3. The van der Waals surface area contributed by atoms with Crippen LogP contribution in [0.4, 0.5) is 0 Å². The maximum Gasteiger partial charge on any atom is 0.422 e. The minimum absolute atomic E-state index is 0.285. The van der Waals surface area contributed by atoms with Crippen LogP contribution in [0.1, 0.15) is 0 Å². The summed E-state index contributed by atoms with van der Waals surface area (Å²) in [6, 6.07) is 10.5. The minimum atomic E-state index is -1.05. The predicted octanol–water partition coefficient (Wildman–Crippen LogP) is 1.93. The average Bonchev–Trinajstić information content (AvgIpc) is 2.45. The fourth-order valence-corrected chi connectivity index (χ4v) is 1.62. The zero-order valence-electron chi connectivity index (χ0n) is 10.5. The van der Waals surface area contributed by atoms with E-state index in [-0.39, 0.29) is 5.75 Å². The summed E-state index contributed by atoms with van der Waals surface area (Å²) >= 11 is 0. The molecule has 0 heterocycles. The molecule has 0 aliphatic rings. The largest absolute Gasteiger partial charge is 0.497 e. The van der Waals surface area contributed by atoms with Crippen molar-refractivity contribution in [2.75, 3.05) is 14.2 Å². The highest BCUT2D eigenvalue weighted by molar-refractivity contribution is 6.30. The van der Waals surface area contributed by atoms with Crippen LogP contribution in [0.3, 0.4) is 0 Å². The molecule has 5 heteroatoms. The number of rotatable bonds is 2. The standard InChI is InChI=1S/C14H12O5/c1-17-11-5-3-10-8-12(6-4-9(10)7-11)19-14(16)13(15)18-2/h3-8H,1-2H3. The average molecular weight is 260 g/mol. The summed E-state index contributed by atoms with van der Waals surface area (Å²) in [6.45, 7) is 0. The molecular weight excluding hydrogens is 248 g/mol. The van der Waals surface area contributed by atoms with Crippen LogP contribution in [0, 0.1) is 0 Å². The molecule has 0 aliphatic heterocycles. The fraction of sp³-hybridized carbons (Fsp3) is 0.143. The zero-order chi connectivity index (χ0) is 13.8. The van der Waals surface area contributed by atoms with Crippen molar-refractivity contribution in [3.05, 3.63) is 36.4 Å². The Bertz CT molecular complexity index is 633. The van der Waals surface area contributed by atoms with Gasteiger partial charge >= 0.3 is 11.9 Å². The summed E-state index contributed by atoms with van der Waals surface area (Å²) in [5, 5.41) is 1.81. The van der Waals surface area contributed by atoms with E-state index in [0.717, 1.165) is 23.6 Å². The van der Waals surface area contributed by atoms with Crippen molar-refractivity contribution in [2.24, 2.45) is 0 Å². The van der Waals surface area contributed by atoms with Gasteiger partial charge in [-0.3, -0.25) is 0 Å². The molecule has 5 nitrogen and oxygen atoms in total. The maximum atomic E-state index is 11.3. The molecule has 0 N–H and O–H groups in total. The van der Waals surface area contributed by atoms with Crippen LogP contribution in [0.2, 0.25) is 0 Å². The summed E-state index contributed by atoms with van der Waals surface area (Å²) in [7, 11) is 2.71. The summed E-state index contributed by atoms with van der Waals surface area (Å²) in [5.74, 6) is -1.05. The topological polar surface area (TPSA) is 61.8 Å². The number of hydrogen-bond acceptors (Lipinski definition) is 5. The van der Waals surface area contributed by atoms with E-state index in [0.29, 0.717) is 0 Å². The Morgan fingerprint density at radius 2 is 1.42 bits per heavy atom. The third kappa shape index (κ3) is 2.82. The number of ether oxygens (including phenoxy) is 3. The molecule has 0 spiro atoms. The van der Waals surface area contributed by atoms with Crippen molar-refractivity contribution in [3.63, 3.8) is 0 Å². The van der Waals surface area contributed by atoms with Crippen LogP contribution in [-0.4, -0.2) is 26.2 Å².